The van der Waals surface area contributed by atoms with Gasteiger partial charge < -0.3 is 20.4 Å². The molecule has 7 heteroatoms. The maximum atomic E-state index is 14.5. The normalized spacial score (nSPS) is 19.1. The van der Waals surface area contributed by atoms with Gasteiger partial charge in [0.15, 0.2) is 0 Å². The van der Waals surface area contributed by atoms with Crippen LogP contribution in [0.25, 0.3) is 11.6 Å². The van der Waals surface area contributed by atoms with Crippen LogP contribution in [0.15, 0.2) is 24.4 Å². The zero-order chi connectivity index (χ0) is 18.1. The summed E-state index contributed by atoms with van der Waals surface area (Å²) in [6.07, 6.45) is 5.39. The summed E-state index contributed by atoms with van der Waals surface area (Å²) in [5, 5.41) is 6.05. The van der Waals surface area contributed by atoms with Crippen LogP contribution in [0, 0.1) is 17.7 Å². The third-order valence-electron chi connectivity index (χ3n) is 4.60. The van der Waals surface area contributed by atoms with E-state index in [1.54, 1.807) is 31.5 Å². The fourth-order valence-electron chi connectivity index (χ4n) is 3.29. The van der Waals surface area contributed by atoms with Crippen molar-refractivity contribution in [2.24, 2.45) is 0 Å². The Kier molecular flexibility index (Phi) is 5.54. The summed E-state index contributed by atoms with van der Waals surface area (Å²) in [6.45, 7) is 0.923. The Hall–Kier alpha value is -2.75. The molecular formula is C20H19ClFN3O2. The topological polar surface area (TPSA) is 66.2 Å². The van der Waals surface area contributed by atoms with Crippen molar-refractivity contribution in [3.8, 4) is 17.6 Å². The standard InChI is InChI=1S/C20H18FN3O2.ClH/c1-26-18-8-10-23-17(18)11-14-19-13(5-4-12-3-2-9-22-12)15(21)6-7-16(19)24-20(14)25;/h6-8,10-12,22-23H,2-3,9H2,1H3,(H,24,25);1H/b14-11-;. The highest BCUT2D eigenvalue weighted by molar-refractivity contribution is 6.35. The van der Waals surface area contributed by atoms with E-state index in [0.29, 0.717) is 28.3 Å². The van der Waals surface area contributed by atoms with Crippen LogP contribution in [0.4, 0.5) is 10.1 Å². The van der Waals surface area contributed by atoms with Crippen LogP contribution in [-0.2, 0) is 4.79 Å². The number of nitrogens with one attached hydrogen (secondary N) is 3. The first kappa shape index (κ1) is 19.0. The van der Waals surface area contributed by atoms with E-state index in [2.05, 4.69) is 27.5 Å². The molecule has 3 N–H and O–H groups in total. The second kappa shape index (κ2) is 7.87. The Morgan fingerprint density at radius 3 is 2.93 bits per heavy atom. The van der Waals surface area contributed by atoms with Gasteiger partial charge in [0.2, 0.25) is 0 Å². The van der Waals surface area contributed by atoms with E-state index in [9.17, 15) is 9.18 Å². The van der Waals surface area contributed by atoms with E-state index < -0.39 is 5.82 Å². The van der Waals surface area contributed by atoms with Crippen LogP contribution in [0.1, 0.15) is 29.7 Å². The van der Waals surface area contributed by atoms with Gasteiger partial charge in [-0.05, 0) is 43.7 Å². The molecule has 1 fully saturated rings. The number of H-pyrrole nitrogens is 1. The van der Waals surface area contributed by atoms with Gasteiger partial charge in [-0.1, -0.05) is 11.8 Å². The van der Waals surface area contributed by atoms with Crippen molar-refractivity contribution in [1.29, 1.82) is 0 Å². The lowest BCUT2D eigenvalue weighted by molar-refractivity contribution is -0.110. The average molecular weight is 388 g/mol. The van der Waals surface area contributed by atoms with Gasteiger partial charge >= 0.3 is 0 Å². The van der Waals surface area contributed by atoms with E-state index in [0.717, 1.165) is 19.4 Å². The van der Waals surface area contributed by atoms with Crippen LogP contribution in [0.2, 0.25) is 0 Å². The molecule has 4 rings (SSSR count). The second-order valence-corrected chi connectivity index (χ2v) is 6.24. The minimum atomic E-state index is -0.435. The smallest absolute Gasteiger partial charge is 0.256 e. The van der Waals surface area contributed by atoms with Gasteiger partial charge in [-0.3, -0.25) is 4.79 Å². The lowest BCUT2D eigenvalue weighted by Crippen LogP contribution is -2.18. The summed E-state index contributed by atoms with van der Waals surface area (Å²) in [5.41, 5.74) is 2.32. The summed E-state index contributed by atoms with van der Waals surface area (Å²) in [7, 11) is 1.55. The number of amides is 1. The number of methoxy groups -OCH3 is 1. The third kappa shape index (κ3) is 3.57. The molecule has 1 saturated heterocycles. The van der Waals surface area contributed by atoms with Crippen molar-refractivity contribution in [1.82, 2.24) is 10.3 Å². The average Bonchev–Trinajstić information content (AvgIpc) is 3.36. The van der Waals surface area contributed by atoms with Gasteiger partial charge in [0.1, 0.15) is 11.6 Å². The summed E-state index contributed by atoms with van der Waals surface area (Å²) < 4.78 is 19.8. The first-order valence-corrected chi connectivity index (χ1v) is 8.49. The SMILES string of the molecule is COc1cc[nH]c1/C=C1\C(=O)Nc2ccc(F)c(C#CC3CCCN3)c21.Cl. The fourth-order valence-corrected chi connectivity index (χ4v) is 3.29. The molecule has 1 aromatic heterocycles. The van der Waals surface area contributed by atoms with Crippen LogP contribution >= 0.6 is 12.4 Å². The van der Waals surface area contributed by atoms with Crippen molar-refractivity contribution in [2.75, 3.05) is 19.0 Å². The summed E-state index contributed by atoms with van der Waals surface area (Å²) in [6, 6.07) is 4.72. The molecule has 0 radical (unpaired) electrons. The molecule has 1 unspecified atom stereocenters. The molecule has 0 saturated carbocycles. The molecule has 2 aromatic rings. The molecule has 0 bridgehead atoms. The zero-order valence-corrected chi connectivity index (χ0v) is 15.5. The second-order valence-electron chi connectivity index (χ2n) is 6.24. The Bertz CT molecular complexity index is 965. The van der Waals surface area contributed by atoms with Gasteiger partial charge in [0.25, 0.3) is 5.91 Å². The Balaban J connectivity index is 0.00000210. The van der Waals surface area contributed by atoms with Gasteiger partial charge in [0, 0.05) is 11.8 Å². The number of fused-ring (bicyclic) bond motifs is 1. The number of hydrogen-bond acceptors (Lipinski definition) is 3. The molecule has 0 spiro atoms. The number of aromatic nitrogens is 1. The number of benzene rings is 1. The highest BCUT2D eigenvalue weighted by atomic mass is 35.5. The number of aromatic amines is 1. The Morgan fingerprint density at radius 2 is 2.19 bits per heavy atom. The monoisotopic (exact) mass is 387 g/mol. The van der Waals surface area contributed by atoms with Crippen LogP contribution in [0.3, 0.4) is 0 Å². The first-order chi connectivity index (χ1) is 12.7. The minimum absolute atomic E-state index is 0. The first-order valence-electron chi connectivity index (χ1n) is 8.49. The number of carbonyl (C=O) groups is 1. The molecule has 140 valence electrons. The van der Waals surface area contributed by atoms with Crippen LogP contribution < -0.4 is 15.4 Å². The Labute approximate surface area is 162 Å². The summed E-state index contributed by atoms with van der Waals surface area (Å²) in [5.74, 6) is 5.92. The van der Waals surface area contributed by atoms with Crippen LogP contribution in [0.5, 0.6) is 5.75 Å². The number of ether oxygens (including phenoxy) is 1. The fraction of sp³-hybridized carbons (Fsp3) is 0.250. The predicted molar refractivity (Wildman–Crippen MR) is 105 cm³/mol. The van der Waals surface area contributed by atoms with Gasteiger partial charge in [-0.2, -0.15) is 0 Å². The third-order valence-corrected chi connectivity index (χ3v) is 4.60. The number of halogens is 2. The number of rotatable bonds is 2. The lowest BCUT2D eigenvalue weighted by Gasteiger charge is -2.05. The maximum absolute atomic E-state index is 14.5. The molecule has 2 aliphatic heterocycles. The number of anilines is 1. The quantitative estimate of drug-likeness (QED) is 0.547. The Morgan fingerprint density at radius 1 is 1.33 bits per heavy atom. The number of hydrogen-bond donors (Lipinski definition) is 3. The molecule has 1 atom stereocenters. The summed E-state index contributed by atoms with van der Waals surface area (Å²) in [4.78, 5) is 15.5. The lowest BCUT2D eigenvalue weighted by atomic mass is 9.98. The van der Waals surface area contributed by atoms with Crippen molar-refractivity contribution in [3.05, 3.63) is 47.0 Å². The zero-order valence-electron chi connectivity index (χ0n) is 14.7. The molecule has 27 heavy (non-hydrogen) atoms. The van der Waals surface area contributed by atoms with Crippen molar-refractivity contribution in [2.45, 2.75) is 18.9 Å². The molecule has 1 aromatic carbocycles. The van der Waals surface area contributed by atoms with Gasteiger partial charge in [-0.15, -0.1) is 12.4 Å². The maximum Gasteiger partial charge on any atom is 0.256 e. The molecule has 1 amide bonds. The van der Waals surface area contributed by atoms with E-state index in [1.807, 2.05) is 0 Å². The van der Waals surface area contributed by atoms with Gasteiger partial charge in [-0.25, -0.2) is 4.39 Å². The molecule has 0 aliphatic carbocycles. The minimum Gasteiger partial charge on any atom is -0.495 e. The summed E-state index contributed by atoms with van der Waals surface area (Å²) >= 11 is 0. The van der Waals surface area contributed by atoms with Crippen molar-refractivity contribution in [3.63, 3.8) is 0 Å². The highest BCUT2D eigenvalue weighted by Crippen LogP contribution is 2.37. The van der Waals surface area contributed by atoms with E-state index in [1.165, 1.54) is 6.07 Å². The molecule has 2 aliphatic rings. The van der Waals surface area contributed by atoms with E-state index in [4.69, 9.17) is 4.74 Å². The van der Waals surface area contributed by atoms with Crippen LogP contribution in [-0.4, -0.2) is 30.6 Å². The van der Waals surface area contributed by atoms with Crippen molar-refractivity contribution >= 4 is 35.7 Å². The van der Waals surface area contributed by atoms with E-state index in [-0.39, 0.29) is 29.9 Å². The molecule has 5 nitrogen and oxygen atoms in total. The van der Waals surface area contributed by atoms with Crippen molar-refractivity contribution < 1.29 is 13.9 Å². The highest BCUT2D eigenvalue weighted by Gasteiger charge is 2.29. The largest absolute Gasteiger partial charge is 0.495 e. The number of carbonyl (C=O) groups excluding carboxylic acids is 1. The van der Waals surface area contributed by atoms with E-state index >= 15 is 0 Å². The molecular weight excluding hydrogens is 369 g/mol. The van der Waals surface area contributed by atoms with Gasteiger partial charge in [0.05, 0.1) is 35.7 Å². The predicted octanol–water partition coefficient (Wildman–Crippen LogP) is 3.18. The molecule has 3 heterocycles.